The van der Waals surface area contributed by atoms with E-state index in [4.69, 9.17) is 0 Å². The van der Waals surface area contributed by atoms with Gasteiger partial charge in [0.2, 0.25) is 11.8 Å². The number of fused-ring (bicyclic) bond motifs is 3. The Morgan fingerprint density at radius 2 is 1.78 bits per heavy atom. The molecule has 1 aromatic heterocycles. The van der Waals surface area contributed by atoms with Crippen LogP contribution in [0.25, 0.3) is 10.9 Å². The highest BCUT2D eigenvalue weighted by Gasteiger charge is 2.49. The quantitative estimate of drug-likeness (QED) is 0.299. The zero-order valence-electron chi connectivity index (χ0n) is 27.5. The van der Waals surface area contributed by atoms with E-state index in [-0.39, 0.29) is 41.1 Å². The summed E-state index contributed by atoms with van der Waals surface area (Å²) < 4.78 is 0. The number of likely N-dealkylation sites (N-methyl/N-ethyl adjacent to an activating group) is 1. The number of nitrogens with one attached hydrogen (secondary N) is 3. The Labute approximate surface area is 272 Å². The van der Waals surface area contributed by atoms with Crippen molar-refractivity contribution in [3.63, 3.8) is 0 Å². The fraction of sp³-hybridized carbons (Fsp3) is 0.514. The molecule has 46 heavy (non-hydrogen) atoms. The van der Waals surface area contributed by atoms with Crippen LogP contribution in [0, 0.1) is 0 Å². The summed E-state index contributed by atoms with van der Waals surface area (Å²) in [5.74, 6) is -0.428. The largest absolute Gasteiger partial charge is 0.437 e. The summed E-state index contributed by atoms with van der Waals surface area (Å²) in [4.78, 5) is 50.0. The smallest absolute Gasteiger partial charge is 0.376 e. The first kappa shape index (κ1) is 32.1. The number of carbonyl (C=O) groups is 3. The zero-order valence-corrected chi connectivity index (χ0v) is 27.5. The number of likely N-dealkylation sites (tertiary alicyclic amines) is 1. The normalized spacial score (nSPS) is 22.2. The lowest BCUT2D eigenvalue weighted by Crippen LogP contribution is -2.58. The molecule has 2 unspecified atom stereocenters. The molecule has 0 bridgehead atoms. The van der Waals surface area contributed by atoms with E-state index in [1.165, 1.54) is 5.56 Å². The standard InChI is InChI=1S/C35H47BN6O4/c1-23(28-21-37-30-14-8-6-12-26(28)30)31(39-34(45)38-24-10-9-17-42(22-24)36(2)46)33(44)41-18-15-35(16-19-41)20-27(32(43)40(3)4)25-11-5-7-13-29(25)35/h5-8,11-14,21,23-24,27,31,37,46H,9-10,15-20,22H2,1-4H3,(H2,38,39,45)/t23-,24?,27-,31?/m1/s1. The van der Waals surface area contributed by atoms with Crippen molar-refractivity contribution in [1.29, 1.82) is 0 Å². The van der Waals surface area contributed by atoms with Gasteiger partial charge in [-0.2, -0.15) is 0 Å². The molecule has 2 saturated heterocycles. The third-order valence-electron chi connectivity index (χ3n) is 10.8. The predicted octanol–water partition coefficient (Wildman–Crippen LogP) is 3.65. The monoisotopic (exact) mass is 626 g/mol. The summed E-state index contributed by atoms with van der Waals surface area (Å²) in [7, 11) is 3.05. The molecule has 3 aromatic rings. The fourth-order valence-corrected chi connectivity index (χ4v) is 8.13. The lowest BCUT2D eigenvalue weighted by atomic mass is 9.73. The lowest BCUT2D eigenvalue weighted by molar-refractivity contribution is -0.136. The first-order valence-electron chi connectivity index (χ1n) is 16.7. The van der Waals surface area contributed by atoms with Crippen LogP contribution in [-0.4, -0.2) is 102 Å². The third kappa shape index (κ3) is 6.14. The molecule has 10 nitrogen and oxygen atoms in total. The second-order valence-electron chi connectivity index (χ2n) is 13.8. The molecule has 2 aliphatic heterocycles. The van der Waals surface area contributed by atoms with Gasteiger partial charge >= 0.3 is 13.1 Å². The van der Waals surface area contributed by atoms with Gasteiger partial charge < -0.3 is 35.3 Å². The predicted molar refractivity (Wildman–Crippen MR) is 181 cm³/mol. The van der Waals surface area contributed by atoms with Crippen molar-refractivity contribution in [3.8, 4) is 0 Å². The van der Waals surface area contributed by atoms with Gasteiger partial charge in [0.1, 0.15) is 6.04 Å². The number of H-pyrrole nitrogens is 1. The highest BCUT2D eigenvalue weighted by atomic mass is 16.2. The van der Waals surface area contributed by atoms with Gasteiger partial charge in [0.15, 0.2) is 0 Å². The van der Waals surface area contributed by atoms with Gasteiger partial charge in [-0.3, -0.25) is 9.59 Å². The maximum atomic E-state index is 14.4. The van der Waals surface area contributed by atoms with E-state index >= 15 is 0 Å². The summed E-state index contributed by atoms with van der Waals surface area (Å²) in [6.07, 6.45) is 5.94. The molecule has 244 valence electrons. The van der Waals surface area contributed by atoms with E-state index in [0.717, 1.165) is 60.7 Å². The Morgan fingerprint density at radius 1 is 1.07 bits per heavy atom. The van der Waals surface area contributed by atoms with Crippen LogP contribution < -0.4 is 10.6 Å². The van der Waals surface area contributed by atoms with Crippen molar-refractivity contribution in [3.05, 3.63) is 71.4 Å². The minimum atomic E-state index is -0.774. The maximum Gasteiger partial charge on any atom is 0.376 e. The molecule has 3 aliphatic rings. The van der Waals surface area contributed by atoms with Crippen LogP contribution in [-0.2, 0) is 15.0 Å². The van der Waals surface area contributed by atoms with Gasteiger partial charge in [-0.25, -0.2) is 4.79 Å². The molecular weight excluding hydrogens is 579 g/mol. The summed E-state index contributed by atoms with van der Waals surface area (Å²) in [5, 5.41) is 17.3. The molecule has 1 aliphatic carbocycles. The summed E-state index contributed by atoms with van der Waals surface area (Å²) in [6.45, 7) is 6.22. The molecule has 6 rings (SSSR count). The molecule has 4 atom stereocenters. The first-order chi connectivity index (χ1) is 22.1. The Hall–Kier alpha value is -3.83. The highest BCUT2D eigenvalue weighted by molar-refractivity contribution is 6.45. The summed E-state index contributed by atoms with van der Waals surface area (Å²) in [5.41, 5.74) is 4.17. The van der Waals surface area contributed by atoms with Crippen LogP contribution in [0.5, 0.6) is 0 Å². The number of aromatic nitrogens is 1. The number of benzene rings is 2. The Kier molecular flexibility index (Phi) is 9.16. The van der Waals surface area contributed by atoms with Crippen LogP contribution in [0.4, 0.5) is 4.79 Å². The number of urea groups is 1. The molecular formula is C35H47BN6O4. The van der Waals surface area contributed by atoms with Gasteiger partial charge in [0.05, 0.1) is 5.92 Å². The molecule has 4 amide bonds. The van der Waals surface area contributed by atoms with E-state index in [2.05, 4.69) is 33.8 Å². The third-order valence-corrected chi connectivity index (χ3v) is 10.8. The fourth-order valence-electron chi connectivity index (χ4n) is 8.13. The van der Waals surface area contributed by atoms with Crippen molar-refractivity contribution in [2.75, 3.05) is 40.3 Å². The number of aromatic amines is 1. The number of nitrogens with zero attached hydrogens (tertiary/aromatic N) is 3. The maximum absolute atomic E-state index is 14.4. The molecule has 11 heteroatoms. The second kappa shape index (κ2) is 13.1. The Bertz CT molecular complexity index is 1580. The van der Waals surface area contributed by atoms with Crippen LogP contribution in [0.3, 0.4) is 0 Å². The van der Waals surface area contributed by atoms with Crippen molar-refractivity contribution >= 4 is 35.8 Å². The van der Waals surface area contributed by atoms with E-state index in [1.807, 2.05) is 67.3 Å². The number of para-hydroxylation sites is 1. The second-order valence-corrected chi connectivity index (χ2v) is 13.8. The number of hydrogen-bond acceptors (Lipinski definition) is 5. The van der Waals surface area contributed by atoms with Crippen LogP contribution in [0.2, 0.25) is 6.82 Å². The molecule has 4 N–H and O–H groups in total. The zero-order chi connectivity index (χ0) is 32.6. The highest BCUT2D eigenvalue weighted by Crippen LogP contribution is 2.52. The molecule has 0 radical (unpaired) electrons. The van der Waals surface area contributed by atoms with Gasteiger partial charge in [-0.15, -0.1) is 0 Å². The SMILES string of the molecule is CB(O)N1CCCC(NC(=O)NC(C(=O)N2CCC3(CC2)C[C@@H](C(=O)N(C)C)c2ccccc23)[C@H](C)c2c[nH]c3ccccc23)C1. The minimum Gasteiger partial charge on any atom is -0.437 e. The minimum absolute atomic E-state index is 0.0933. The van der Waals surface area contributed by atoms with Crippen LogP contribution in [0.1, 0.15) is 67.6 Å². The van der Waals surface area contributed by atoms with Crippen molar-refractivity contribution in [1.82, 2.24) is 30.2 Å². The van der Waals surface area contributed by atoms with Crippen LogP contribution in [0.15, 0.2) is 54.7 Å². The molecule has 0 saturated carbocycles. The van der Waals surface area contributed by atoms with Crippen molar-refractivity contribution < 1.29 is 19.4 Å². The first-order valence-corrected chi connectivity index (χ1v) is 16.7. The molecule has 3 heterocycles. The Balaban J connectivity index is 1.21. The van der Waals surface area contributed by atoms with E-state index in [9.17, 15) is 19.4 Å². The van der Waals surface area contributed by atoms with Gasteiger partial charge in [-0.1, -0.05) is 49.4 Å². The summed E-state index contributed by atoms with van der Waals surface area (Å²) in [6, 6.07) is 15.1. The van der Waals surface area contributed by atoms with E-state index in [1.54, 1.807) is 11.7 Å². The van der Waals surface area contributed by atoms with E-state index < -0.39 is 13.1 Å². The topological polar surface area (TPSA) is 121 Å². The molecule has 2 fully saturated rings. The average molecular weight is 627 g/mol. The van der Waals surface area contributed by atoms with Gasteiger partial charge in [0.25, 0.3) is 0 Å². The molecule has 1 spiro atoms. The molecule has 2 aromatic carbocycles. The van der Waals surface area contributed by atoms with Crippen molar-refractivity contribution in [2.45, 2.75) is 75.2 Å². The van der Waals surface area contributed by atoms with Gasteiger partial charge in [-0.05, 0) is 68.2 Å². The summed E-state index contributed by atoms with van der Waals surface area (Å²) >= 11 is 0. The number of amides is 4. The van der Waals surface area contributed by atoms with E-state index in [0.29, 0.717) is 19.6 Å². The van der Waals surface area contributed by atoms with Crippen LogP contribution >= 0.6 is 0 Å². The lowest BCUT2D eigenvalue weighted by Gasteiger charge is -2.42. The number of hydrogen-bond donors (Lipinski definition) is 4. The van der Waals surface area contributed by atoms with Crippen molar-refractivity contribution in [2.24, 2.45) is 0 Å². The number of rotatable bonds is 7. The average Bonchev–Trinajstić information content (AvgIpc) is 3.63. The number of piperidine rings is 2. The van der Waals surface area contributed by atoms with Gasteiger partial charge in [0, 0.05) is 68.2 Å². The Morgan fingerprint density at radius 3 is 2.52 bits per heavy atom. The number of carbonyl (C=O) groups excluding carboxylic acids is 3.